The lowest BCUT2D eigenvalue weighted by atomic mass is 9.95. The summed E-state index contributed by atoms with van der Waals surface area (Å²) in [6.07, 6.45) is 0. The van der Waals surface area contributed by atoms with Crippen molar-refractivity contribution in [1.29, 1.82) is 0 Å². The van der Waals surface area contributed by atoms with Gasteiger partial charge in [0.1, 0.15) is 5.60 Å². The molecule has 0 fully saturated rings. The summed E-state index contributed by atoms with van der Waals surface area (Å²) in [6.45, 7) is 1.48. The van der Waals surface area contributed by atoms with Gasteiger partial charge in [-0.05, 0) is 36.8 Å². The highest BCUT2D eigenvalue weighted by Gasteiger charge is 2.28. The summed E-state index contributed by atoms with van der Waals surface area (Å²) in [5.41, 5.74) is -0.549. The zero-order chi connectivity index (χ0) is 18.7. The van der Waals surface area contributed by atoms with Crippen molar-refractivity contribution in [2.75, 3.05) is 18.7 Å². The molecule has 0 aromatic heterocycles. The maximum Gasteiger partial charge on any atom is 0.313 e. The van der Waals surface area contributed by atoms with Gasteiger partial charge in [0.2, 0.25) is 6.79 Å². The summed E-state index contributed by atoms with van der Waals surface area (Å²) in [5.74, 6) is -0.649. The van der Waals surface area contributed by atoms with Crippen molar-refractivity contribution in [3.63, 3.8) is 0 Å². The second-order valence-electron chi connectivity index (χ2n) is 5.96. The average molecular weight is 377 g/mol. The van der Waals surface area contributed by atoms with Crippen molar-refractivity contribution in [2.45, 2.75) is 12.5 Å². The van der Waals surface area contributed by atoms with Crippen molar-refractivity contribution in [1.82, 2.24) is 5.32 Å². The Labute approximate surface area is 154 Å². The van der Waals surface area contributed by atoms with E-state index >= 15 is 0 Å². The van der Waals surface area contributed by atoms with Crippen LogP contribution in [-0.2, 0) is 15.2 Å². The first kappa shape index (κ1) is 18.0. The number of ether oxygens (including phenoxy) is 2. The Morgan fingerprint density at radius 3 is 2.65 bits per heavy atom. The van der Waals surface area contributed by atoms with Crippen LogP contribution >= 0.6 is 11.6 Å². The number of carbonyl (C=O) groups excluding carboxylic acids is 2. The predicted octanol–water partition coefficient (Wildman–Crippen LogP) is 2.03. The first-order valence-corrected chi connectivity index (χ1v) is 8.21. The van der Waals surface area contributed by atoms with Gasteiger partial charge in [0.25, 0.3) is 0 Å². The second kappa shape index (κ2) is 7.23. The maximum atomic E-state index is 12.0. The quantitative estimate of drug-likeness (QED) is 0.709. The summed E-state index contributed by atoms with van der Waals surface area (Å²) < 4.78 is 10.5. The van der Waals surface area contributed by atoms with Crippen LogP contribution in [0, 0.1) is 0 Å². The molecule has 0 bridgehead atoms. The van der Waals surface area contributed by atoms with Gasteiger partial charge >= 0.3 is 11.8 Å². The number of para-hydroxylation sites is 1. The number of nitrogens with one attached hydrogen (secondary N) is 2. The minimum Gasteiger partial charge on any atom is -0.454 e. The van der Waals surface area contributed by atoms with Crippen molar-refractivity contribution in [3.05, 3.63) is 53.1 Å². The Kier molecular flexibility index (Phi) is 5.01. The van der Waals surface area contributed by atoms with Crippen LogP contribution in [-0.4, -0.2) is 30.3 Å². The van der Waals surface area contributed by atoms with Crippen LogP contribution in [0.15, 0.2) is 42.5 Å². The molecule has 0 saturated heterocycles. The SMILES string of the molecule is C[C@](O)(CNC(=O)C(=O)Nc1ccccc1Cl)c1ccc2c(c1)OCO2. The van der Waals surface area contributed by atoms with Gasteiger partial charge in [-0.2, -0.15) is 0 Å². The van der Waals surface area contributed by atoms with Gasteiger partial charge in [0, 0.05) is 0 Å². The molecule has 0 aliphatic carbocycles. The first-order valence-electron chi connectivity index (χ1n) is 7.83. The van der Waals surface area contributed by atoms with E-state index in [1.54, 1.807) is 42.5 Å². The molecule has 0 spiro atoms. The van der Waals surface area contributed by atoms with Crippen LogP contribution in [0.25, 0.3) is 0 Å². The average Bonchev–Trinajstić information content (AvgIpc) is 3.09. The Morgan fingerprint density at radius 2 is 1.88 bits per heavy atom. The molecule has 0 unspecified atom stereocenters. The molecule has 8 heteroatoms. The highest BCUT2D eigenvalue weighted by Crippen LogP contribution is 2.35. The summed E-state index contributed by atoms with van der Waals surface area (Å²) in [7, 11) is 0. The predicted molar refractivity (Wildman–Crippen MR) is 95.2 cm³/mol. The van der Waals surface area contributed by atoms with E-state index in [-0.39, 0.29) is 13.3 Å². The normalized spacial score (nSPS) is 14.4. The Hall–Kier alpha value is -2.77. The molecule has 26 heavy (non-hydrogen) atoms. The van der Waals surface area contributed by atoms with E-state index in [0.717, 1.165) is 0 Å². The minimum absolute atomic E-state index is 0.125. The molecule has 1 aliphatic heterocycles. The highest BCUT2D eigenvalue weighted by molar-refractivity contribution is 6.41. The summed E-state index contributed by atoms with van der Waals surface area (Å²) in [5, 5.41) is 15.8. The molecule has 0 radical (unpaired) electrons. The minimum atomic E-state index is -1.40. The topological polar surface area (TPSA) is 96.9 Å². The van der Waals surface area contributed by atoms with E-state index in [9.17, 15) is 14.7 Å². The third-order valence-electron chi connectivity index (χ3n) is 3.92. The zero-order valence-corrected chi connectivity index (χ0v) is 14.7. The number of amides is 2. The largest absolute Gasteiger partial charge is 0.454 e. The molecule has 0 saturated carbocycles. The zero-order valence-electron chi connectivity index (χ0n) is 13.9. The Bertz CT molecular complexity index is 853. The van der Waals surface area contributed by atoms with Crippen LogP contribution in [0.1, 0.15) is 12.5 Å². The van der Waals surface area contributed by atoms with Crippen LogP contribution < -0.4 is 20.1 Å². The molecule has 2 amide bonds. The van der Waals surface area contributed by atoms with Gasteiger partial charge in [-0.25, -0.2) is 0 Å². The number of fused-ring (bicyclic) bond motifs is 1. The van der Waals surface area contributed by atoms with Crippen LogP contribution in [0.2, 0.25) is 5.02 Å². The third-order valence-corrected chi connectivity index (χ3v) is 4.25. The van der Waals surface area contributed by atoms with E-state index in [1.165, 1.54) is 6.92 Å². The molecular formula is C18H17ClN2O5. The van der Waals surface area contributed by atoms with Gasteiger partial charge in [-0.1, -0.05) is 29.8 Å². The molecule has 136 valence electrons. The van der Waals surface area contributed by atoms with Crippen molar-refractivity contribution in [3.8, 4) is 11.5 Å². The van der Waals surface area contributed by atoms with Gasteiger partial charge in [-0.15, -0.1) is 0 Å². The monoisotopic (exact) mass is 376 g/mol. The fourth-order valence-corrected chi connectivity index (χ4v) is 2.59. The second-order valence-corrected chi connectivity index (χ2v) is 6.37. The Balaban J connectivity index is 1.61. The molecule has 3 rings (SSSR count). The smallest absolute Gasteiger partial charge is 0.313 e. The molecule has 1 aliphatic rings. The number of carbonyl (C=O) groups is 2. The van der Waals surface area contributed by atoms with Crippen LogP contribution in [0.3, 0.4) is 0 Å². The number of halogens is 1. The van der Waals surface area contributed by atoms with Gasteiger partial charge < -0.3 is 25.2 Å². The van der Waals surface area contributed by atoms with Crippen LogP contribution in [0.5, 0.6) is 11.5 Å². The first-order chi connectivity index (χ1) is 12.4. The molecular weight excluding hydrogens is 360 g/mol. The molecule has 1 atom stereocenters. The number of hydrogen-bond donors (Lipinski definition) is 3. The lowest BCUT2D eigenvalue weighted by Crippen LogP contribution is -2.43. The Morgan fingerprint density at radius 1 is 1.15 bits per heavy atom. The van der Waals surface area contributed by atoms with E-state index in [4.69, 9.17) is 21.1 Å². The van der Waals surface area contributed by atoms with Gasteiger partial charge in [0.15, 0.2) is 11.5 Å². The number of aliphatic hydroxyl groups is 1. The summed E-state index contributed by atoms with van der Waals surface area (Å²) in [4.78, 5) is 24.0. The lowest BCUT2D eigenvalue weighted by Gasteiger charge is -2.24. The molecule has 7 nitrogen and oxygen atoms in total. The third kappa shape index (κ3) is 3.89. The van der Waals surface area contributed by atoms with Crippen LogP contribution in [0.4, 0.5) is 5.69 Å². The standard InChI is InChI=1S/C18H17ClN2O5/c1-18(24,11-6-7-14-15(8-11)26-10-25-14)9-20-16(22)17(23)21-13-5-3-2-4-12(13)19/h2-8,24H,9-10H2,1H3,(H,20,22)(H,21,23)/t18-/m0/s1. The van der Waals surface area contributed by atoms with E-state index in [0.29, 0.717) is 27.8 Å². The highest BCUT2D eigenvalue weighted by atomic mass is 35.5. The maximum absolute atomic E-state index is 12.0. The van der Waals surface area contributed by atoms with E-state index < -0.39 is 17.4 Å². The van der Waals surface area contributed by atoms with Crippen molar-refractivity contribution < 1.29 is 24.2 Å². The van der Waals surface area contributed by atoms with E-state index in [1.807, 2.05) is 0 Å². The molecule has 2 aromatic rings. The lowest BCUT2D eigenvalue weighted by molar-refractivity contribution is -0.136. The fourth-order valence-electron chi connectivity index (χ4n) is 2.41. The van der Waals surface area contributed by atoms with Gasteiger partial charge in [0.05, 0.1) is 17.3 Å². The van der Waals surface area contributed by atoms with Crippen molar-refractivity contribution in [2.24, 2.45) is 0 Å². The number of anilines is 1. The molecule has 1 heterocycles. The van der Waals surface area contributed by atoms with Crippen molar-refractivity contribution >= 4 is 29.1 Å². The number of rotatable bonds is 4. The van der Waals surface area contributed by atoms with E-state index in [2.05, 4.69) is 10.6 Å². The fraction of sp³-hybridized carbons (Fsp3) is 0.222. The number of hydrogen-bond acceptors (Lipinski definition) is 5. The van der Waals surface area contributed by atoms with Gasteiger partial charge in [-0.3, -0.25) is 9.59 Å². The number of benzene rings is 2. The molecule has 3 N–H and O–H groups in total. The summed E-state index contributed by atoms with van der Waals surface area (Å²) in [6, 6.07) is 11.6. The summed E-state index contributed by atoms with van der Waals surface area (Å²) >= 11 is 5.94. The molecule has 2 aromatic carbocycles.